The van der Waals surface area contributed by atoms with Crippen LogP contribution >= 0.6 is 0 Å². The quantitative estimate of drug-likeness (QED) is 0.849. The minimum Gasteiger partial charge on any atom is -0.208 e. The number of hydrogen-bond acceptors (Lipinski definition) is 2. The second-order valence-corrected chi connectivity index (χ2v) is 6.30. The van der Waals surface area contributed by atoms with E-state index in [1.165, 1.54) is 0 Å². The van der Waals surface area contributed by atoms with Crippen LogP contribution in [0.4, 0.5) is 0 Å². The molecule has 0 radical (unpaired) electrons. The maximum absolute atomic E-state index is 12.0. The van der Waals surface area contributed by atoms with Crippen molar-refractivity contribution >= 4 is 10.0 Å². The van der Waals surface area contributed by atoms with Gasteiger partial charge < -0.3 is 0 Å². The molecule has 0 spiro atoms. The maximum Gasteiger partial charge on any atom is 0.240 e. The fraction of sp³-hybridized carbons (Fsp3) is 0.538. The summed E-state index contributed by atoms with van der Waals surface area (Å²) < 4.78 is 26.7. The van der Waals surface area contributed by atoms with Gasteiger partial charge in [-0.1, -0.05) is 38.5 Å². The minimum absolute atomic E-state index is 0.0323. The van der Waals surface area contributed by atoms with Crippen LogP contribution in [-0.2, 0) is 10.0 Å². The van der Waals surface area contributed by atoms with E-state index in [1.54, 1.807) is 24.3 Å². The summed E-state index contributed by atoms with van der Waals surface area (Å²) in [5, 5.41) is 0. The summed E-state index contributed by atoms with van der Waals surface area (Å²) >= 11 is 0. The van der Waals surface area contributed by atoms with Crippen molar-refractivity contribution in [3.8, 4) is 0 Å². The number of sulfonamides is 1. The molecule has 0 aliphatic carbocycles. The van der Waals surface area contributed by atoms with Crippen LogP contribution in [-0.4, -0.2) is 14.5 Å². The van der Waals surface area contributed by atoms with Crippen molar-refractivity contribution in [3.05, 3.63) is 30.3 Å². The Morgan fingerprint density at radius 2 is 1.76 bits per heavy atom. The molecule has 0 aliphatic rings. The topological polar surface area (TPSA) is 46.2 Å². The number of rotatable bonds is 6. The molecule has 0 aliphatic heterocycles. The molecule has 96 valence electrons. The lowest BCUT2D eigenvalue weighted by molar-refractivity contribution is 0.445. The first-order valence-corrected chi connectivity index (χ1v) is 7.51. The summed E-state index contributed by atoms with van der Waals surface area (Å²) in [6, 6.07) is 8.45. The molecule has 1 aromatic carbocycles. The summed E-state index contributed by atoms with van der Waals surface area (Å²) in [6.07, 6.45) is 1.93. The zero-order valence-electron chi connectivity index (χ0n) is 10.7. The average Bonchev–Trinajstić information content (AvgIpc) is 2.29. The van der Waals surface area contributed by atoms with Crippen LogP contribution < -0.4 is 4.72 Å². The van der Waals surface area contributed by atoms with Crippen molar-refractivity contribution in [1.29, 1.82) is 0 Å². The van der Waals surface area contributed by atoms with Crippen molar-refractivity contribution in [1.82, 2.24) is 4.72 Å². The minimum atomic E-state index is -3.36. The van der Waals surface area contributed by atoms with Crippen LogP contribution in [0.15, 0.2) is 35.2 Å². The van der Waals surface area contributed by atoms with Crippen molar-refractivity contribution < 1.29 is 8.42 Å². The van der Waals surface area contributed by atoms with Crippen LogP contribution in [0, 0.1) is 5.92 Å². The molecule has 17 heavy (non-hydrogen) atoms. The van der Waals surface area contributed by atoms with Gasteiger partial charge in [-0.15, -0.1) is 0 Å². The molecule has 0 saturated heterocycles. The Hall–Kier alpha value is -0.870. The van der Waals surface area contributed by atoms with E-state index >= 15 is 0 Å². The van der Waals surface area contributed by atoms with Gasteiger partial charge >= 0.3 is 0 Å². The number of benzene rings is 1. The summed E-state index contributed by atoms with van der Waals surface area (Å²) in [5.74, 6) is 0.531. The second kappa shape index (κ2) is 6.17. The monoisotopic (exact) mass is 255 g/mol. The maximum atomic E-state index is 12.0. The fourth-order valence-corrected chi connectivity index (χ4v) is 3.03. The zero-order valence-corrected chi connectivity index (χ0v) is 11.5. The van der Waals surface area contributed by atoms with Crippen molar-refractivity contribution in [2.24, 2.45) is 5.92 Å². The van der Waals surface area contributed by atoms with E-state index in [1.807, 2.05) is 13.0 Å². The van der Waals surface area contributed by atoms with Crippen LogP contribution in [0.3, 0.4) is 0 Å². The van der Waals surface area contributed by atoms with Crippen LogP contribution in [0.5, 0.6) is 0 Å². The Kier molecular flexibility index (Phi) is 5.15. The molecular weight excluding hydrogens is 234 g/mol. The van der Waals surface area contributed by atoms with Gasteiger partial charge in [-0.2, -0.15) is 0 Å². The molecule has 2 atom stereocenters. The van der Waals surface area contributed by atoms with Crippen LogP contribution in [0.1, 0.15) is 33.6 Å². The van der Waals surface area contributed by atoms with Gasteiger partial charge in [0, 0.05) is 6.04 Å². The molecule has 0 aromatic heterocycles. The first-order chi connectivity index (χ1) is 7.95. The third-order valence-electron chi connectivity index (χ3n) is 2.86. The second-order valence-electron chi connectivity index (χ2n) is 4.58. The molecule has 3 nitrogen and oxygen atoms in total. The highest BCUT2D eigenvalue weighted by molar-refractivity contribution is 7.89. The highest BCUT2D eigenvalue weighted by Gasteiger charge is 2.17. The van der Waals surface area contributed by atoms with E-state index in [9.17, 15) is 8.42 Å². The normalized spacial score (nSPS) is 15.5. The van der Waals surface area contributed by atoms with Crippen LogP contribution in [0.2, 0.25) is 0 Å². The van der Waals surface area contributed by atoms with Gasteiger partial charge in [0.25, 0.3) is 0 Å². The molecule has 0 saturated carbocycles. The van der Waals surface area contributed by atoms with E-state index in [4.69, 9.17) is 0 Å². The Balaban J connectivity index is 2.68. The SMILES string of the molecule is CCC(C)CC(C)NS(=O)(=O)c1ccccc1. The molecule has 0 bridgehead atoms. The lowest BCUT2D eigenvalue weighted by Crippen LogP contribution is -2.33. The summed E-state index contributed by atoms with van der Waals surface area (Å²) in [6.45, 7) is 6.16. The molecule has 0 amide bonds. The Labute approximate surface area is 104 Å². The van der Waals surface area contributed by atoms with Crippen LogP contribution in [0.25, 0.3) is 0 Å². The summed E-state index contributed by atoms with van der Waals surface area (Å²) in [7, 11) is -3.36. The van der Waals surface area contributed by atoms with E-state index < -0.39 is 10.0 Å². The summed E-state index contributed by atoms with van der Waals surface area (Å²) in [4.78, 5) is 0.330. The van der Waals surface area contributed by atoms with Crippen molar-refractivity contribution in [2.45, 2.75) is 44.6 Å². The van der Waals surface area contributed by atoms with Gasteiger partial charge in [-0.05, 0) is 31.4 Å². The largest absolute Gasteiger partial charge is 0.240 e. The van der Waals surface area contributed by atoms with E-state index in [0.29, 0.717) is 10.8 Å². The summed E-state index contributed by atoms with van der Waals surface area (Å²) in [5.41, 5.74) is 0. The molecule has 4 heteroatoms. The molecule has 1 aromatic rings. The van der Waals surface area contributed by atoms with E-state index in [-0.39, 0.29) is 6.04 Å². The first kappa shape index (κ1) is 14.2. The highest BCUT2D eigenvalue weighted by atomic mass is 32.2. The van der Waals surface area contributed by atoms with Gasteiger partial charge in [0.05, 0.1) is 4.90 Å². The van der Waals surface area contributed by atoms with Gasteiger partial charge in [0.2, 0.25) is 10.0 Å². The first-order valence-electron chi connectivity index (χ1n) is 6.03. The number of nitrogens with one attached hydrogen (secondary N) is 1. The standard InChI is InChI=1S/C13H21NO2S/c1-4-11(2)10-12(3)14-17(15,16)13-8-6-5-7-9-13/h5-9,11-12,14H,4,10H2,1-3H3. The highest BCUT2D eigenvalue weighted by Crippen LogP contribution is 2.13. The van der Waals surface area contributed by atoms with Gasteiger partial charge in [0.15, 0.2) is 0 Å². The third-order valence-corrected chi connectivity index (χ3v) is 4.47. The van der Waals surface area contributed by atoms with Gasteiger partial charge in [-0.25, -0.2) is 13.1 Å². The molecule has 2 unspecified atom stereocenters. The van der Waals surface area contributed by atoms with E-state index in [2.05, 4.69) is 18.6 Å². The lowest BCUT2D eigenvalue weighted by atomic mass is 10.0. The van der Waals surface area contributed by atoms with Crippen molar-refractivity contribution in [2.75, 3.05) is 0 Å². The van der Waals surface area contributed by atoms with Gasteiger partial charge in [-0.3, -0.25) is 0 Å². The Morgan fingerprint density at radius 3 is 2.29 bits per heavy atom. The third kappa shape index (κ3) is 4.48. The smallest absolute Gasteiger partial charge is 0.208 e. The predicted octanol–water partition coefficient (Wildman–Crippen LogP) is 2.79. The molecule has 0 fully saturated rings. The predicted molar refractivity (Wildman–Crippen MR) is 70.3 cm³/mol. The van der Waals surface area contributed by atoms with Gasteiger partial charge in [0.1, 0.15) is 0 Å². The average molecular weight is 255 g/mol. The zero-order chi connectivity index (χ0) is 12.9. The van der Waals surface area contributed by atoms with E-state index in [0.717, 1.165) is 12.8 Å². The van der Waals surface area contributed by atoms with Crippen molar-refractivity contribution in [3.63, 3.8) is 0 Å². The molecular formula is C13H21NO2S. The fourth-order valence-electron chi connectivity index (χ4n) is 1.75. The molecule has 1 rings (SSSR count). The Bertz CT molecular complexity index is 428. The number of hydrogen-bond donors (Lipinski definition) is 1. The Morgan fingerprint density at radius 1 is 1.18 bits per heavy atom. The molecule has 1 N–H and O–H groups in total. The molecule has 0 heterocycles. The lowest BCUT2D eigenvalue weighted by Gasteiger charge is -2.17.